The molecule has 1 amide bonds. The summed E-state index contributed by atoms with van der Waals surface area (Å²) in [6.07, 6.45) is -3.22. The number of carbonyl (C=O) groups excluding carboxylic acids is 1. The van der Waals surface area contributed by atoms with Crippen LogP contribution in [-0.2, 0) is 4.79 Å². The Labute approximate surface area is 106 Å². The van der Waals surface area contributed by atoms with Gasteiger partial charge in [-0.25, -0.2) is 0 Å². The molecule has 0 bridgehead atoms. The number of likely N-dealkylation sites (tertiary alicyclic amines) is 1. The van der Waals surface area contributed by atoms with Crippen molar-refractivity contribution in [2.45, 2.75) is 45.3 Å². The fourth-order valence-corrected chi connectivity index (χ4v) is 2.29. The first-order valence-corrected chi connectivity index (χ1v) is 6.33. The van der Waals surface area contributed by atoms with Gasteiger partial charge in [0.25, 0.3) is 0 Å². The van der Waals surface area contributed by atoms with Gasteiger partial charge in [0.15, 0.2) is 0 Å². The lowest BCUT2D eigenvalue weighted by Gasteiger charge is -2.35. The van der Waals surface area contributed by atoms with Gasteiger partial charge in [-0.1, -0.05) is 13.8 Å². The molecule has 1 aliphatic heterocycles. The van der Waals surface area contributed by atoms with Gasteiger partial charge in [0.1, 0.15) is 0 Å². The zero-order valence-electron chi connectivity index (χ0n) is 10.8. The van der Waals surface area contributed by atoms with E-state index in [2.05, 4.69) is 0 Å². The number of carbonyl (C=O) groups is 1. The molecule has 1 saturated heterocycles. The van der Waals surface area contributed by atoms with Crippen LogP contribution in [0.3, 0.4) is 0 Å². The molecule has 0 radical (unpaired) electrons. The second-order valence-electron chi connectivity index (χ2n) is 5.40. The molecule has 0 aromatic rings. The van der Waals surface area contributed by atoms with Gasteiger partial charge in [-0.2, -0.15) is 13.2 Å². The molecule has 2 unspecified atom stereocenters. The van der Waals surface area contributed by atoms with Crippen molar-refractivity contribution in [3.05, 3.63) is 0 Å². The zero-order valence-corrected chi connectivity index (χ0v) is 10.8. The number of nitrogens with zero attached hydrogens (tertiary/aromatic N) is 1. The fourth-order valence-electron chi connectivity index (χ4n) is 2.29. The van der Waals surface area contributed by atoms with Crippen molar-refractivity contribution in [2.24, 2.45) is 17.6 Å². The van der Waals surface area contributed by atoms with Crippen LogP contribution in [-0.4, -0.2) is 36.1 Å². The van der Waals surface area contributed by atoms with Gasteiger partial charge in [-0.3, -0.25) is 4.79 Å². The molecule has 6 heteroatoms. The molecule has 0 saturated carbocycles. The van der Waals surface area contributed by atoms with Crippen LogP contribution in [0.15, 0.2) is 0 Å². The van der Waals surface area contributed by atoms with Crippen molar-refractivity contribution in [1.29, 1.82) is 0 Å². The third-order valence-electron chi connectivity index (χ3n) is 3.24. The third kappa shape index (κ3) is 4.15. The monoisotopic (exact) mass is 266 g/mol. The maximum absolute atomic E-state index is 12.6. The van der Waals surface area contributed by atoms with Crippen molar-refractivity contribution < 1.29 is 18.0 Å². The van der Waals surface area contributed by atoms with Crippen LogP contribution in [0.5, 0.6) is 0 Å². The zero-order chi connectivity index (χ0) is 13.9. The lowest BCUT2D eigenvalue weighted by molar-refractivity contribution is -0.188. The second kappa shape index (κ2) is 5.91. The minimum absolute atomic E-state index is 0.104. The second-order valence-corrected chi connectivity index (χ2v) is 5.40. The predicted octanol–water partition coefficient (Wildman–Crippen LogP) is 2.16. The van der Waals surface area contributed by atoms with Crippen LogP contribution in [0, 0.1) is 11.8 Å². The van der Waals surface area contributed by atoms with Crippen molar-refractivity contribution in [1.82, 2.24) is 4.90 Å². The maximum Gasteiger partial charge on any atom is 0.393 e. The maximum atomic E-state index is 12.6. The average Bonchev–Trinajstić information content (AvgIpc) is 2.26. The quantitative estimate of drug-likeness (QED) is 0.851. The average molecular weight is 266 g/mol. The highest BCUT2D eigenvalue weighted by Gasteiger charge is 2.43. The van der Waals surface area contributed by atoms with Crippen molar-refractivity contribution in [3.63, 3.8) is 0 Å². The van der Waals surface area contributed by atoms with Crippen LogP contribution in [0.4, 0.5) is 13.2 Å². The Balaban J connectivity index is 2.58. The topological polar surface area (TPSA) is 46.3 Å². The van der Waals surface area contributed by atoms with Gasteiger partial charge >= 0.3 is 6.18 Å². The Bertz CT molecular complexity index is 292. The van der Waals surface area contributed by atoms with Gasteiger partial charge in [0.2, 0.25) is 5.91 Å². The molecule has 1 rings (SSSR count). The number of rotatable bonds is 3. The fraction of sp³-hybridized carbons (Fsp3) is 0.917. The summed E-state index contributed by atoms with van der Waals surface area (Å²) < 4.78 is 37.9. The normalized spacial score (nSPS) is 23.3. The van der Waals surface area contributed by atoms with Gasteiger partial charge in [-0.05, 0) is 25.2 Å². The van der Waals surface area contributed by atoms with E-state index in [1.165, 1.54) is 4.90 Å². The molecule has 2 atom stereocenters. The van der Waals surface area contributed by atoms with E-state index in [0.717, 1.165) is 0 Å². The Morgan fingerprint density at radius 3 is 2.56 bits per heavy atom. The van der Waals surface area contributed by atoms with Crippen LogP contribution >= 0.6 is 0 Å². The van der Waals surface area contributed by atoms with Gasteiger partial charge in [-0.15, -0.1) is 0 Å². The highest BCUT2D eigenvalue weighted by Crippen LogP contribution is 2.33. The Morgan fingerprint density at radius 1 is 1.44 bits per heavy atom. The molecule has 0 aromatic heterocycles. The van der Waals surface area contributed by atoms with E-state index < -0.39 is 18.1 Å². The van der Waals surface area contributed by atoms with E-state index in [1.807, 2.05) is 13.8 Å². The van der Waals surface area contributed by atoms with E-state index in [-0.39, 0.29) is 24.8 Å². The first kappa shape index (κ1) is 15.3. The van der Waals surface area contributed by atoms with Crippen molar-refractivity contribution >= 4 is 5.91 Å². The summed E-state index contributed by atoms with van der Waals surface area (Å²) in [5.74, 6) is -1.49. The van der Waals surface area contributed by atoms with Gasteiger partial charge in [0, 0.05) is 13.1 Å². The van der Waals surface area contributed by atoms with E-state index in [9.17, 15) is 18.0 Å². The summed E-state index contributed by atoms with van der Waals surface area (Å²) in [4.78, 5) is 13.2. The van der Waals surface area contributed by atoms with E-state index >= 15 is 0 Å². The lowest BCUT2D eigenvalue weighted by atomic mass is 9.96. The third-order valence-corrected chi connectivity index (χ3v) is 3.24. The van der Waals surface area contributed by atoms with Crippen molar-refractivity contribution in [3.8, 4) is 0 Å². The molecule has 1 heterocycles. The predicted molar refractivity (Wildman–Crippen MR) is 62.8 cm³/mol. The summed E-state index contributed by atoms with van der Waals surface area (Å²) in [5.41, 5.74) is 5.73. The number of halogens is 3. The molecular weight excluding hydrogens is 245 g/mol. The molecule has 18 heavy (non-hydrogen) atoms. The lowest BCUT2D eigenvalue weighted by Crippen LogP contribution is -2.50. The summed E-state index contributed by atoms with van der Waals surface area (Å²) in [6, 6.07) is -0.683. The van der Waals surface area contributed by atoms with Crippen LogP contribution in [0.25, 0.3) is 0 Å². The number of hydrogen-bond donors (Lipinski definition) is 1. The number of nitrogens with two attached hydrogens (primary N) is 1. The summed E-state index contributed by atoms with van der Waals surface area (Å²) >= 11 is 0. The molecular formula is C12H21F3N2O. The van der Waals surface area contributed by atoms with E-state index in [1.54, 1.807) is 0 Å². The molecule has 3 nitrogen and oxygen atoms in total. The highest BCUT2D eigenvalue weighted by molar-refractivity contribution is 5.81. The minimum atomic E-state index is -4.22. The largest absolute Gasteiger partial charge is 0.393 e. The Kier molecular flexibility index (Phi) is 5.01. The molecule has 1 aliphatic rings. The molecule has 1 fully saturated rings. The van der Waals surface area contributed by atoms with Gasteiger partial charge < -0.3 is 10.6 Å². The molecule has 106 valence electrons. The SMILES string of the molecule is CC(C)CC(N)C(=O)N1CCCC(C(F)(F)F)C1. The minimum Gasteiger partial charge on any atom is -0.341 e. The number of piperidine rings is 1. The number of hydrogen-bond acceptors (Lipinski definition) is 2. The Hall–Kier alpha value is -0.780. The summed E-state index contributed by atoms with van der Waals surface area (Å²) in [6.45, 7) is 4.01. The summed E-state index contributed by atoms with van der Waals surface area (Å²) in [5, 5.41) is 0. The number of alkyl halides is 3. The first-order chi connectivity index (χ1) is 8.21. The molecule has 0 aliphatic carbocycles. The number of amides is 1. The van der Waals surface area contributed by atoms with Crippen LogP contribution in [0.1, 0.15) is 33.1 Å². The molecule has 2 N–H and O–H groups in total. The van der Waals surface area contributed by atoms with Gasteiger partial charge in [0.05, 0.1) is 12.0 Å². The first-order valence-electron chi connectivity index (χ1n) is 6.33. The van der Waals surface area contributed by atoms with E-state index in [0.29, 0.717) is 19.4 Å². The Morgan fingerprint density at radius 2 is 2.06 bits per heavy atom. The van der Waals surface area contributed by atoms with Crippen molar-refractivity contribution in [2.75, 3.05) is 13.1 Å². The van der Waals surface area contributed by atoms with Crippen LogP contribution < -0.4 is 5.73 Å². The van der Waals surface area contributed by atoms with E-state index in [4.69, 9.17) is 5.73 Å². The molecule has 0 spiro atoms. The van der Waals surface area contributed by atoms with Crippen LogP contribution in [0.2, 0.25) is 0 Å². The highest BCUT2D eigenvalue weighted by atomic mass is 19.4. The smallest absolute Gasteiger partial charge is 0.341 e. The summed E-state index contributed by atoms with van der Waals surface area (Å²) in [7, 11) is 0. The molecule has 0 aromatic carbocycles. The standard InChI is InChI=1S/C12H21F3N2O/c1-8(2)6-10(16)11(18)17-5-3-4-9(7-17)12(13,14)15/h8-10H,3-7,16H2,1-2H3.